The lowest BCUT2D eigenvalue weighted by Crippen LogP contribution is -2.06. The molecule has 1 N–H and O–H groups in total. The third kappa shape index (κ3) is 2.15. The Kier molecular flexibility index (Phi) is 3.36. The van der Waals surface area contributed by atoms with Gasteiger partial charge >= 0.3 is 0 Å². The molecule has 0 aliphatic heterocycles. The number of halogens is 1. The van der Waals surface area contributed by atoms with E-state index in [-0.39, 0.29) is 5.82 Å². The van der Waals surface area contributed by atoms with E-state index < -0.39 is 0 Å². The zero-order valence-electron chi connectivity index (χ0n) is 9.38. The van der Waals surface area contributed by atoms with Gasteiger partial charge in [0.15, 0.2) is 0 Å². The summed E-state index contributed by atoms with van der Waals surface area (Å²) in [6.45, 7) is 2.77. The molecule has 0 spiro atoms. The third-order valence-electron chi connectivity index (χ3n) is 2.54. The van der Waals surface area contributed by atoms with E-state index in [1.165, 1.54) is 16.5 Å². The van der Waals surface area contributed by atoms with Crippen molar-refractivity contribution in [1.82, 2.24) is 5.32 Å². The Hall–Kier alpha value is -1.19. The van der Waals surface area contributed by atoms with Gasteiger partial charge in [0.1, 0.15) is 5.82 Å². The number of hydrogen-bond acceptors (Lipinski definition) is 2. The van der Waals surface area contributed by atoms with Gasteiger partial charge in [-0.3, -0.25) is 0 Å². The summed E-state index contributed by atoms with van der Waals surface area (Å²) in [7, 11) is 1.87. The van der Waals surface area contributed by atoms with Gasteiger partial charge in [-0.15, -0.1) is 11.3 Å². The molecule has 0 fully saturated rings. The molecule has 0 saturated carbocycles. The number of rotatable bonds is 3. The molecule has 1 nitrogen and oxygen atoms in total. The first-order valence-electron chi connectivity index (χ1n) is 5.20. The van der Waals surface area contributed by atoms with Gasteiger partial charge in [0.2, 0.25) is 0 Å². The maximum absolute atomic E-state index is 13.2. The monoisotopic (exact) mass is 235 g/mol. The fourth-order valence-corrected chi connectivity index (χ4v) is 2.76. The summed E-state index contributed by atoms with van der Waals surface area (Å²) >= 11 is 1.70. The predicted molar refractivity (Wildman–Crippen MR) is 67.2 cm³/mol. The SMILES string of the molecule is CNCc1cc(F)ccc1-c1sccc1C. The van der Waals surface area contributed by atoms with E-state index >= 15 is 0 Å². The van der Waals surface area contributed by atoms with Crippen molar-refractivity contribution in [3.05, 3.63) is 46.6 Å². The Labute approximate surface area is 98.9 Å². The van der Waals surface area contributed by atoms with Crippen LogP contribution in [0.1, 0.15) is 11.1 Å². The molecule has 0 aliphatic carbocycles. The molecule has 0 atom stereocenters. The lowest BCUT2D eigenvalue weighted by atomic mass is 10.0. The lowest BCUT2D eigenvalue weighted by molar-refractivity contribution is 0.624. The quantitative estimate of drug-likeness (QED) is 0.857. The van der Waals surface area contributed by atoms with E-state index in [0.717, 1.165) is 11.1 Å². The van der Waals surface area contributed by atoms with Crippen molar-refractivity contribution >= 4 is 11.3 Å². The van der Waals surface area contributed by atoms with Gasteiger partial charge in [-0.25, -0.2) is 4.39 Å². The second-order valence-corrected chi connectivity index (χ2v) is 4.68. The Morgan fingerprint density at radius 1 is 1.31 bits per heavy atom. The summed E-state index contributed by atoms with van der Waals surface area (Å²) in [6, 6.07) is 7.08. The number of nitrogens with one attached hydrogen (secondary N) is 1. The van der Waals surface area contributed by atoms with Crippen LogP contribution in [-0.2, 0) is 6.54 Å². The number of thiophene rings is 1. The average Bonchev–Trinajstić information content (AvgIpc) is 2.65. The summed E-state index contributed by atoms with van der Waals surface area (Å²) in [5.41, 5.74) is 3.38. The highest BCUT2D eigenvalue weighted by molar-refractivity contribution is 7.13. The van der Waals surface area contributed by atoms with Crippen molar-refractivity contribution in [2.75, 3.05) is 7.05 Å². The highest BCUT2D eigenvalue weighted by atomic mass is 32.1. The maximum atomic E-state index is 13.2. The highest BCUT2D eigenvalue weighted by Gasteiger charge is 2.09. The molecule has 1 heterocycles. The van der Waals surface area contributed by atoms with E-state index in [9.17, 15) is 4.39 Å². The molecule has 2 aromatic rings. The van der Waals surface area contributed by atoms with Crippen LogP contribution in [0.3, 0.4) is 0 Å². The van der Waals surface area contributed by atoms with Gasteiger partial charge in [0.05, 0.1) is 0 Å². The topological polar surface area (TPSA) is 12.0 Å². The first-order valence-corrected chi connectivity index (χ1v) is 6.08. The summed E-state index contributed by atoms with van der Waals surface area (Å²) in [4.78, 5) is 1.23. The number of hydrogen-bond donors (Lipinski definition) is 1. The summed E-state index contributed by atoms with van der Waals surface area (Å²) in [5.74, 6) is -0.178. The van der Waals surface area contributed by atoms with Gasteiger partial charge in [-0.2, -0.15) is 0 Å². The van der Waals surface area contributed by atoms with E-state index in [1.54, 1.807) is 17.4 Å². The Bertz CT molecular complexity index is 490. The third-order valence-corrected chi connectivity index (χ3v) is 3.59. The first-order chi connectivity index (χ1) is 7.72. The van der Waals surface area contributed by atoms with E-state index in [4.69, 9.17) is 0 Å². The van der Waals surface area contributed by atoms with E-state index in [1.807, 2.05) is 13.1 Å². The van der Waals surface area contributed by atoms with Crippen molar-refractivity contribution in [2.24, 2.45) is 0 Å². The molecule has 0 aliphatic rings. The number of benzene rings is 1. The van der Waals surface area contributed by atoms with Crippen molar-refractivity contribution in [1.29, 1.82) is 0 Å². The zero-order chi connectivity index (χ0) is 11.5. The van der Waals surface area contributed by atoms with Crippen LogP contribution in [0.25, 0.3) is 10.4 Å². The average molecular weight is 235 g/mol. The van der Waals surface area contributed by atoms with Gasteiger partial charge < -0.3 is 5.32 Å². The standard InChI is InChI=1S/C13H14FNS/c1-9-5-6-16-13(9)12-4-3-11(14)7-10(12)8-15-2/h3-7,15H,8H2,1-2H3. The molecule has 3 heteroatoms. The molecule has 0 bridgehead atoms. The smallest absolute Gasteiger partial charge is 0.123 e. The largest absolute Gasteiger partial charge is 0.316 e. The zero-order valence-corrected chi connectivity index (χ0v) is 10.2. The van der Waals surface area contributed by atoms with Crippen LogP contribution in [0.4, 0.5) is 4.39 Å². The molecule has 16 heavy (non-hydrogen) atoms. The molecular weight excluding hydrogens is 221 g/mol. The molecule has 84 valence electrons. The Balaban J connectivity index is 2.51. The highest BCUT2D eigenvalue weighted by Crippen LogP contribution is 2.32. The fourth-order valence-electron chi connectivity index (χ4n) is 1.77. The van der Waals surface area contributed by atoms with Gasteiger partial charge in [-0.05, 0) is 54.2 Å². The molecule has 2 rings (SSSR count). The molecule has 0 saturated heterocycles. The second kappa shape index (κ2) is 4.76. The van der Waals surface area contributed by atoms with Gasteiger partial charge in [0, 0.05) is 11.4 Å². The Morgan fingerprint density at radius 2 is 2.12 bits per heavy atom. The Morgan fingerprint density at radius 3 is 2.75 bits per heavy atom. The van der Waals surface area contributed by atoms with Crippen LogP contribution >= 0.6 is 11.3 Å². The summed E-state index contributed by atoms with van der Waals surface area (Å²) in [5, 5.41) is 5.14. The van der Waals surface area contributed by atoms with Gasteiger partial charge in [-0.1, -0.05) is 6.07 Å². The molecule has 0 amide bonds. The van der Waals surface area contributed by atoms with Crippen LogP contribution in [0.2, 0.25) is 0 Å². The molecule has 1 aromatic carbocycles. The molecule has 1 aromatic heterocycles. The predicted octanol–water partition coefficient (Wildman–Crippen LogP) is 3.58. The minimum absolute atomic E-state index is 0.178. The fraction of sp³-hybridized carbons (Fsp3) is 0.231. The minimum Gasteiger partial charge on any atom is -0.316 e. The minimum atomic E-state index is -0.178. The van der Waals surface area contributed by atoms with Crippen LogP contribution in [0.5, 0.6) is 0 Å². The molecule has 0 radical (unpaired) electrons. The first kappa shape index (κ1) is 11.3. The van der Waals surface area contributed by atoms with Crippen molar-refractivity contribution in [3.63, 3.8) is 0 Å². The van der Waals surface area contributed by atoms with E-state index in [2.05, 4.69) is 23.7 Å². The van der Waals surface area contributed by atoms with E-state index in [0.29, 0.717) is 6.54 Å². The van der Waals surface area contributed by atoms with Crippen molar-refractivity contribution in [2.45, 2.75) is 13.5 Å². The summed E-state index contributed by atoms with van der Waals surface area (Å²) in [6.07, 6.45) is 0. The van der Waals surface area contributed by atoms with Crippen LogP contribution in [0.15, 0.2) is 29.6 Å². The molecule has 0 unspecified atom stereocenters. The van der Waals surface area contributed by atoms with Crippen LogP contribution in [0, 0.1) is 12.7 Å². The second-order valence-electron chi connectivity index (χ2n) is 3.76. The number of aryl methyl sites for hydroxylation is 1. The summed E-state index contributed by atoms with van der Waals surface area (Å²) < 4.78 is 13.2. The van der Waals surface area contributed by atoms with Crippen LogP contribution in [-0.4, -0.2) is 7.05 Å². The van der Waals surface area contributed by atoms with Crippen LogP contribution < -0.4 is 5.32 Å². The molecular formula is C13H14FNS. The normalized spacial score (nSPS) is 10.7. The van der Waals surface area contributed by atoms with Crippen molar-refractivity contribution in [3.8, 4) is 10.4 Å². The maximum Gasteiger partial charge on any atom is 0.123 e. The van der Waals surface area contributed by atoms with Gasteiger partial charge in [0.25, 0.3) is 0 Å². The van der Waals surface area contributed by atoms with Crippen molar-refractivity contribution < 1.29 is 4.39 Å². The lowest BCUT2D eigenvalue weighted by Gasteiger charge is -2.08.